The van der Waals surface area contributed by atoms with Gasteiger partial charge in [0.1, 0.15) is 11.6 Å². The summed E-state index contributed by atoms with van der Waals surface area (Å²) in [5.74, 6) is 0.831. The molecule has 1 atom stereocenters. The topological polar surface area (TPSA) is 64.7 Å². The van der Waals surface area contributed by atoms with E-state index in [0.717, 1.165) is 36.2 Å². The molecule has 0 saturated heterocycles. The van der Waals surface area contributed by atoms with Gasteiger partial charge in [0.15, 0.2) is 5.69 Å². The smallest absolute Gasteiger partial charge is 0.277 e. The number of hydrogen-bond donors (Lipinski definition) is 1. The van der Waals surface area contributed by atoms with E-state index in [1.807, 2.05) is 10.7 Å². The summed E-state index contributed by atoms with van der Waals surface area (Å²) in [5.41, 5.74) is 3.24. The molecule has 1 fully saturated rings. The molecule has 2 aromatic heterocycles. The summed E-state index contributed by atoms with van der Waals surface area (Å²) in [4.78, 5) is 13.0. The number of aromatic nitrogens is 4. The van der Waals surface area contributed by atoms with E-state index in [1.54, 1.807) is 23.0 Å². The van der Waals surface area contributed by atoms with Crippen molar-refractivity contribution in [3.8, 4) is 5.69 Å². The molecule has 1 amide bonds. The molecule has 7 heteroatoms. The Hall–Kier alpha value is -2.96. The molecule has 6 nitrogen and oxygen atoms in total. The fourth-order valence-electron chi connectivity index (χ4n) is 4.11. The van der Waals surface area contributed by atoms with E-state index in [4.69, 9.17) is 0 Å². The Kier molecular flexibility index (Phi) is 4.03. The summed E-state index contributed by atoms with van der Waals surface area (Å²) in [5, 5.41) is 12.0. The van der Waals surface area contributed by atoms with Gasteiger partial charge in [-0.2, -0.15) is 10.2 Å². The van der Waals surface area contributed by atoms with Crippen LogP contribution >= 0.6 is 0 Å². The van der Waals surface area contributed by atoms with Gasteiger partial charge in [-0.3, -0.25) is 4.79 Å². The van der Waals surface area contributed by atoms with Crippen LogP contribution in [0.5, 0.6) is 0 Å². The van der Waals surface area contributed by atoms with Crippen molar-refractivity contribution in [3.05, 3.63) is 59.3 Å². The molecule has 0 bridgehead atoms. The molecule has 1 aromatic carbocycles. The number of rotatable bonds is 5. The van der Waals surface area contributed by atoms with Crippen molar-refractivity contribution in [2.45, 2.75) is 45.1 Å². The molecule has 0 aliphatic heterocycles. The average Bonchev–Trinajstić information content (AvgIpc) is 3.09. The van der Waals surface area contributed by atoms with Gasteiger partial charge in [-0.05, 0) is 69.2 Å². The lowest BCUT2D eigenvalue weighted by Gasteiger charge is -2.15. The number of carbonyl (C=O) groups is 1. The Morgan fingerprint density at radius 3 is 2.75 bits per heavy atom. The molecule has 144 valence electrons. The van der Waals surface area contributed by atoms with Gasteiger partial charge in [-0.15, -0.1) is 0 Å². The number of fused-ring (bicyclic) bond motifs is 1. The zero-order valence-electron chi connectivity index (χ0n) is 15.7. The molecule has 1 N–H and O–H groups in total. The van der Waals surface area contributed by atoms with Gasteiger partial charge in [0.25, 0.3) is 5.91 Å². The van der Waals surface area contributed by atoms with Crippen molar-refractivity contribution in [1.82, 2.24) is 19.6 Å². The molecular weight excluding hydrogens is 357 g/mol. The van der Waals surface area contributed by atoms with Crippen molar-refractivity contribution in [2.75, 3.05) is 5.32 Å². The highest BCUT2D eigenvalue weighted by Gasteiger charge is 2.32. The first-order valence-electron chi connectivity index (χ1n) is 9.83. The number of carbonyl (C=O) groups excluding carboxylic acids is 1. The van der Waals surface area contributed by atoms with Crippen molar-refractivity contribution in [2.24, 2.45) is 5.92 Å². The van der Waals surface area contributed by atoms with E-state index in [-0.39, 0.29) is 17.8 Å². The van der Waals surface area contributed by atoms with Crippen LogP contribution in [-0.4, -0.2) is 25.5 Å². The third-order valence-electron chi connectivity index (χ3n) is 5.82. The first-order chi connectivity index (χ1) is 13.6. The van der Waals surface area contributed by atoms with E-state index < -0.39 is 0 Å². The molecule has 1 saturated carbocycles. The third-order valence-corrected chi connectivity index (χ3v) is 5.82. The molecule has 0 radical (unpaired) electrons. The Morgan fingerprint density at radius 2 is 2.00 bits per heavy atom. The van der Waals surface area contributed by atoms with Crippen LogP contribution in [0.4, 0.5) is 10.2 Å². The number of amides is 1. The highest BCUT2D eigenvalue weighted by Crippen LogP contribution is 2.40. The molecule has 0 spiro atoms. The van der Waals surface area contributed by atoms with Crippen LogP contribution in [0.1, 0.15) is 54.0 Å². The summed E-state index contributed by atoms with van der Waals surface area (Å²) < 4.78 is 17.0. The van der Waals surface area contributed by atoms with Gasteiger partial charge < -0.3 is 5.32 Å². The Bertz CT molecular complexity index is 1030. The van der Waals surface area contributed by atoms with Crippen molar-refractivity contribution in [1.29, 1.82) is 0 Å². The molecule has 2 heterocycles. The minimum atomic E-state index is -0.288. The van der Waals surface area contributed by atoms with Crippen molar-refractivity contribution >= 4 is 11.7 Å². The van der Waals surface area contributed by atoms with Gasteiger partial charge >= 0.3 is 0 Å². The van der Waals surface area contributed by atoms with Crippen molar-refractivity contribution in [3.63, 3.8) is 0 Å². The van der Waals surface area contributed by atoms with E-state index in [1.165, 1.54) is 25.0 Å². The maximum Gasteiger partial charge on any atom is 0.277 e. The summed E-state index contributed by atoms with van der Waals surface area (Å²) >= 11 is 0. The van der Waals surface area contributed by atoms with Crippen LogP contribution in [0.25, 0.3) is 5.69 Å². The largest absolute Gasteiger partial charge is 0.305 e. The minimum absolute atomic E-state index is 0.219. The lowest BCUT2D eigenvalue weighted by atomic mass is 10.2. The monoisotopic (exact) mass is 379 g/mol. The zero-order chi connectivity index (χ0) is 19.3. The molecule has 1 unspecified atom stereocenters. The molecule has 2 aliphatic rings. The second kappa shape index (κ2) is 6.58. The second-order valence-electron chi connectivity index (χ2n) is 7.71. The molecule has 2 aliphatic carbocycles. The normalized spacial score (nSPS) is 16.8. The number of halogens is 1. The Labute approximate surface area is 162 Å². The summed E-state index contributed by atoms with van der Waals surface area (Å²) in [6, 6.07) is 8.30. The lowest BCUT2D eigenvalue weighted by molar-refractivity contribution is 0.101. The van der Waals surface area contributed by atoms with E-state index in [0.29, 0.717) is 17.4 Å². The van der Waals surface area contributed by atoms with Crippen LogP contribution in [-0.2, 0) is 12.8 Å². The number of hydrogen-bond acceptors (Lipinski definition) is 3. The van der Waals surface area contributed by atoms with Gasteiger partial charge in [0.05, 0.1) is 17.9 Å². The Morgan fingerprint density at radius 1 is 1.21 bits per heavy atom. The predicted octanol–water partition coefficient (Wildman–Crippen LogP) is 3.92. The Balaban J connectivity index is 1.45. The predicted molar refractivity (Wildman–Crippen MR) is 103 cm³/mol. The minimum Gasteiger partial charge on any atom is -0.305 e. The van der Waals surface area contributed by atoms with E-state index in [2.05, 4.69) is 22.4 Å². The fraction of sp³-hybridized carbons (Fsp3) is 0.381. The second-order valence-corrected chi connectivity index (χ2v) is 7.71. The van der Waals surface area contributed by atoms with Gasteiger partial charge in [0.2, 0.25) is 0 Å². The van der Waals surface area contributed by atoms with E-state index in [9.17, 15) is 9.18 Å². The zero-order valence-corrected chi connectivity index (χ0v) is 15.7. The number of nitrogens with zero attached hydrogens (tertiary/aromatic N) is 4. The maximum atomic E-state index is 13.3. The third kappa shape index (κ3) is 2.91. The van der Waals surface area contributed by atoms with Gasteiger partial charge in [-0.1, -0.05) is 0 Å². The number of nitrogens with one attached hydrogen (secondary N) is 1. The quantitative estimate of drug-likeness (QED) is 0.731. The number of benzene rings is 1. The average molecular weight is 379 g/mol. The summed E-state index contributed by atoms with van der Waals surface area (Å²) in [6.07, 6.45) is 6.83. The standard InChI is InChI=1S/C21H22FN5O/c1-13(14-5-6-14)26-19(11-12-23-26)24-21(28)20-17-3-2-4-18(17)27(25-20)16-9-7-15(22)8-10-16/h7-14H,2-6H2,1H3,(H,24,28). The van der Waals surface area contributed by atoms with Crippen LogP contribution in [0, 0.1) is 11.7 Å². The first kappa shape index (κ1) is 17.2. The first-order valence-corrected chi connectivity index (χ1v) is 9.83. The molecular formula is C21H22FN5O. The fourth-order valence-corrected chi connectivity index (χ4v) is 4.11. The highest BCUT2D eigenvalue weighted by molar-refractivity contribution is 6.03. The van der Waals surface area contributed by atoms with Crippen LogP contribution in [0.15, 0.2) is 36.5 Å². The van der Waals surface area contributed by atoms with E-state index >= 15 is 0 Å². The molecule has 5 rings (SSSR count). The SMILES string of the molecule is CC(C1CC1)n1nccc1NC(=O)c1nn(-c2ccc(F)cc2)c2c1CCC2. The van der Waals surface area contributed by atoms with Crippen LogP contribution < -0.4 is 5.32 Å². The van der Waals surface area contributed by atoms with Gasteiger partial charge in [-0.25, -0.2) is 13.8 Å². The maximum absolute atomic E-state index is 13.3. The summed E-state index contributed by atoms with van der Waals surface area (Å²) in [7, 11) is 0. The molecule has 28 heavy (non-hydrogen) atoms. The van der Waals surface area contributed by atoms with Crippen LogP contribution in [0.2, 0.25) is 0 Å². The lowest BCUT2D eigenvalue weighted by Crippen LogP contribution is -2.20. The summed E-state index contributed by atoms with van der Waals surface area (Å²) in [6.45, 7) is 2.14. The van der Waals surface area contributed by atoms with Crippen molar-refractivity contribution < 1.29 is 9.18 Å². The molecule has 3 aromatic rings. The highest BCUT2D eigenvalue weighted by atomic mass is 19.1. The van der Waals surface area contributed by atoms with Crippen LogP contribution in [0.3, 0.4) is 0 Å². The number of anilines is 1. The van der Waals surface area contributed by atoms with Gasteiger partial charge in [0, 0.05) is 17.3 Å².